The number of nitriles is 1. The predicted molar refractivity (Wildman–Crippen MR) is 119 cm³/mol. The van der Waals surface area contributed by atoms with Gasteiger partial charge in [-0.1, -0.05) is 37.3 Å². The summed E-state index contributed by atoms with van der Waals surface area (Å²) in [5.74, 6) is -0.745. The molecule has 1 aliphatic rings. The van der Waals surface area contributed by atoms with Crippen LogP contribution in [0.3, 0.4) is 0 Å². The van der Waals surface area contributed by atoms with Gasteiger partial charge >= 0.3 is 5.97 Å². The van der Waals surface area contributed by atoms with Gasteiger partial charge in [-0.05, 0) is 42.3 Å². The molecule has 2 N–H and O–H groups in total. The summed E-state index contributed by atoms with van der Waals surface area (Å²) in [6, 6.07) is 19.9. The topological polar surface area (TPSA) is 94.6 Å². The number of carbonyl (C=O) groups is 1. The van der Waals surface area contributed by atoms with Crippen molar-refractivity contribution in [1.29, 1.82) is 5.26 Å². The number of carbonyl (C=O) groups excluding carboxylic acids is 1. The van der Waals surface area contributed by atoms with E-state index in [1.165, 1.54) is 24.3 Å². The molecule has 0 bridgehead atoms. The first-order chi connectivity index (χ1) is 16.0. The minimum absolute atomic E-state index is 0.0288. The maximum Gasteiger partial charge on any atom is 0.346 e. The lowest BCUT2D eigenvalue weighted by Crippen LogP contribution is -2.21. The fourth-order valence-electron chi connectivity index (χ4n) is 3.61. The van der Waals surface area contributed by atoms with E-state index in [4.69, 9.17) is 19.9 Å². The number of esters is 1. The SMILES string of the molecule is CCCOc1ccc(C2C(C#N)=C(N)Oc3cc(OC(=O)c4ccccc4F)ccc32)cc1. The average molecular weight is 444 g/mol. The highest BCUT2D eigenvalue weighted by molar-refractivity contribution is 5.91. The fourth-order valence-corrected chi connectivity index (χ4v) is 3.61. The molecule has 0 fully saturated rings. The van der Waals surface area contributed by atoms with Gasteiger partial charge in [0, 0.05) is 11.6 Å². The third kappa shape index (κ3) is 4.51. The lowest BCUT2D eigenvalue weighted by atomic mass is 9.83. The Morgan fingerprint density at radius 1 is 1.12 bits per heavy atom. The van der Waals surface area contributed by atoms with Gasteiger partial charge in [0.05, 0.1) is 18.1 Å². The Morgan fingerprint density at radius 3 is 2.55 bits per heavy atom. The molecule has 33 heavy (non-hydrogen) atoms. The molecule has 0 spiro atoms. The number of nitrogens with zero attached hydrogens (tertiary/aromatic N) is 1. The molecule has 1 aliphatic heterocycles. The van der Waals surface area contributed by atoms with Gasteiger partial charge in [0.25, 0.3) is 0 Å². The van der Waals surface area contributed by atoms with Crippen LogP contribution < -0.4 is 19.9 Å². The lowest BCUT2D eigenvalue weighted by Gasteiger charge is -2.26. The number of fused-ring (bicyclic) bond motifs is 1. The van der Waals surface area contributed by atoms with Gasteiger partial charge in [0.2, 0.25) is 5.88 Å². The highest BCUT2D eigenvalue weighted by Gasteiger charge is 2.31. The monoisotopic (exact) mass is 444 g/mol. The van der Waals surface area contributed by atoms with E-state index in [1.807, 2.05) is 31.2 Å². The fraction of sp³-hybridized carbons (Fsp3) is 0.154. The van der Waals surface area contributed by atoms with E-state index in [0.29, 0.717) is 17.9 Å². The third-order valence-corrected chi connectivity index (χ3v) is 5.18. The Bertz CT molecular complexity index is 1260. The van der Waals surface area contributed by atoms with Crippen molar-refractivity contribution in [2.45, 2.75) is 19.3 Å². The van der Waals surface area contributed by atoms with Crippen molar-refractivity contribution in [3.8, 4) is 23.3 Å². The minimum atomic E-state index is -0.829. The second kappa shape index (κ2) is 9.45. The van der Waals surface area contributed by atoms with E-state index >= 15 is 0 Å². The summed E-state index contributed by atoms with van der Waals surface area (Å²) in [6.07, 6.45) is 0.900. The Hall–Kier alpha value is -4.31. The number of nitrogens with two attached hydrogens (primary N) is 1. The number of rotatable bonds is 6. The van der Waals surface area contributed by atoms with Crippen LogP contribution in [-0.2, 0) is 0 Å². The van der Waals surface area contributed by atoms with Crippen LogP contribution in [0.4, 0.5) is 4.39 Å². The van der Waals surface area contributed by atoms with Crippen LogP contribution in [0.1, 0.15) is 40.7 Å². The van der Waals surface area contributed by atoms with Crippen molar-refractivity contribution in [3.63, 3.8) is 0 Å². The second-order valence-corrected chi connectivity index (χ2v) is 7.41. The molecule has 3 aromatic carbocycles. The molecule has 0 aromatic heterocycles. The van der Waals surface area contributed by atoms with E-state index in [0.717, 1.165) is 17.7 Å². The average Bonchev–Trinajstić information content (AvgIpc) is 2.82. The van der Waals surface area contributed by atoms with Crippen LogP contribution in [-0.4, -0.2) is 12.6 Å². The normalized spacial score (nSPS) is 14.6. The van der Waals surface area contributed by atoms with E-state index in [9.17, 15) is 14.4 Å². The van der Waals surface area contributed by atoms with Gasteiger partial charge in [0.15, 0.2) is 0 Å². The standard InChI is InChI=1S/C26H21FN2O4/c1-2-13-31-17-9-7-16(8-10-17)24-20-12-11-18(14-23(20)33-25(29)21(24)15-28)32-26(30)19-5-3-4-6-22(19)27/h3-12,14,24H,2,13,29H2,1H3. The van der Waals surface area contributed by atoms with Crippen LogP contribution in [0.15, 0.2) is 78.2 Å². The summed E-state index contributed by atoms with van der Waals surface area (Å²) in [7, 11) is 0. The molecular formula is C26H21FN2O4. The van der Waals surface area contributed by atoms with Gasteiger partial charge < -0.3 is 19.9 Å². The van der Waals surface area contributed by atoms with E-state index in [1.54, 1.807) is 18.2 Å². The predicted octanol–water partition coefficient (Wildman–Crippen LogP) is 5.05. The molecule has 6 nitrogen and oxygen atoms in total. The zero-order chi connectivity index (χ0) is 23.4. The zero-order valence-corrected chi connectivity index (χ0v) is 17.9. The largest absolute Gasteiger partial charge is 0.494 e. The number of hydrogen-bond donors (Lipinski definition) is 1. The first kappa shape index (κ1) is 21.9. The number of allylic oxidation sites excluding steroid dienone is 1. The molecule has 3 aromatic rings. The van der Waals surface area contributed by atoms with Crippen LogP contribution in [0.5, 0.6) is 17.2 Å². The van der Waals surface area contributed by atoms with Crippen LogP contribution in [0.2, 0.25) is 0 Å². The van der Waals surface area contributed by atoms with Gasteiger partial charge in [0.1, 0.15) is 34.7 Å². The highest BCUT2D eigenvalue weighted by atomic mass is 19.1. The molecular weight excluding hydrogens is 423 g/mol. The molecule has 0 saturated carbocycles. The number of ether oxygens (including phenoxy) is 3. The smallest absolute Gasteiger partial charge is 0.346 e. The van der Waals surface area contributed by atoms with Crippen molar-refractivity contribution < 1.29 is 23.4 Å². The lowest BCUT2D eigenvalue weighted by molar-refractivity contribution is 0.0729. The van der Waals surface area contributed by atoms with E-state index < -0.39 is 17.7 Å². The summed E-state index contributed by atoms with van der Waals surface area (Å²) in [4.78, 5) is 12.4. The molecule has 0 saturated heterocycles. The minimum Gasteiger partial charge on any atom is -0.494 e. The number of benzene rings is 3. The molecule has 1 unspecified atom stereocenters. The molecule has 0 amide bonds. The summed E-state index contributed by atoms with van der Waals surface area (Å²) in [5.41, 5.74) is 7.67. The van der Waals surface area contributed by atoms with Crippen molar-refractivity contribution in [2.24, 2.45) is 5.73 Å². The molecule has 166 valence electrons. The maximum absolute atomic E-state index is 13.9. The zero-order valence-electron chi connectivity index (χ0n) is 17.9. The van der Waals surface area contributed by atoms with Crippen LogP contribution in [0.25, 0.3) is 0 Å². The highest BCUT2D eigenvalue weighted by Crippen LogP contribution is 2.43. The number of halogens is 1. The first-order valence-electron chi connectivity index (χ1n) is 10.4. The van der Waals surface area contributed by atoms with Gasteiger partial charge in [-0.15, -0.1) is 0 Å². The summed E-state index contributed by atoms with van der Waals surface area (Å²) in [6.45, 7) is 2.64. The third-order valence-electron chi connectivity index (χ3n) is 5.18. The van der Waals surface area contributed by atoms with Crippen LogP contribution >= 0.6 is 0 Å². The Morgan fingerprint density at radius 2 is 1.85 bits per heavy atom. The van der Waals surface area contributed by atoms with E-state index in [-0.39, 0.29) is 22.8 Å². The van der Waals surface area contributed by atoms with E-state index in [2.05, 4.69) is 6.07 Å². The van der Waals surface area contributed by atoms with Crippen molar-refractivity contribution in [2.75, 3.05) is 6.61 Å². The van der Waals surface area contributed by atoms with Gasteiger partial charge in [-0.3, -0.25) is 0 Å². The summed E-state index contributed by atoms with van der Waals surface area (Å²) >= 11 is 0. The molecule has 0 aliphatic carbocycles. The molecule has 1 atom stereocenters. The van der Waals surface area contributed by atoms with Crippen LogP contribution in [0, 0.1) is 17.1 Å². The van der Waals surface area contributed by atoms with Crippen molar-refractivity contribution >= 4 is 5.97 Å². The molecule has 4 rings (SSSR count). The van der Waals surface area contributed by atoms with Gasteiger partial charge in [-0.25, -0.2) is 9.18 Å². The van der Waals surface area contributed by atoms with Crippen molar-refractivity contribution in [1.82, 2.24) is 0 Å². The Balaban J connectivity index is 1.65. The summed E-state index contributed by atoms with van der Waals surface area (Å²) < 4.78 is 30.5. The maximum atomic E-state index is 13.9. The first-order valence-corrected chi connectivity index (χ1v) is 10.4. The number of hydrogen-bond acceptors (Lipinski definition) is 6. The molecule has 0 radical (unpaired) electrons. The summed E-state index contributed by atoms with van der Waals surface area (Å²) in [5, 5.41) is 9.72. The Labute approximate surface area is 190 Å². The van der Waals surface area contributed by atoms with Crippen molar-refractivity contribution in [3.05, 3.63) is 101 Å². The second-order valence-electron chi connectivity index (χ2n) is 7.41. The molecule has 1 heterocycles. The quantitative estimate of drug-likeness (QED) is 0.422. The van der Waals surface area contributed by atoms with Gasteiger partial charge in [-0.2, -0.15) is 5.26 Å². The molecule has 7 heteroatoms. The Kier molecular flexibility index (Phi) is 6.27.